The molecule has 9 rings (SSSR count). The molecule has 0 N–H and O–H groups in total. The van der Waals surface area contributed by atoms with Gasteiger partial charge < -0.3 is 22.4 Å². The highest BCUT2D eigenvalue weighted by Crippen LogP contribution is 2.48. The van der Waals surface area contributed by atoms with Crippen LogP contribution in [-0.2, 0) is 14.1 Å². The van der Waals surface area contributed by atoms with Crippen LogP contribution in [0.2, 0.25) is 0 Å². The molecule has 0 saturated carbocycles. The number of fused-ring (bicyclic) bond motifs is 14. The van der Waals surface area contributed by atoms with Crippen LogP contribution in [0.3, 0.4) is 0 Å². The lowest BCUT2D eigenvalue weighted by molar-refractivity contribution is 0.635. The van der Waals surface area contributed by atoms with Gasteiger partial charge in [-0.05, 0) is 38.1 Å². The summed E-state index contributed by atoms with van der Waals surface area (Å²) in [6, 6.07) is 8.72. The fourth-order valence-corrected chi connectivity index (χ4v) is 9.03. The maximum Gasteiger partial charge on any atom is 0.197 e. The number of hydrogen-bond acceptors (Lipinski definition) is 6. The van der Waals surface area contributed by atoms with Crippen LogP contribution >= 0.6 is 34.0 Å². The summed E-state index contributed by atoms with van der Waals surface area (Å²) in [5.74, 6) is 0. The third-order valence-electron chi connectivity index (χ3n) is 7.13. The van der Waals surface area contributed by atoms with E-state index in [9.17, 15) is 0 Å². The standard InChI is InChI=1S/C26H16N2O3S3/c1-9-5-14-24(32-9)19-22(30-14)21-17(27(19)3)11-8-16-12(7-13(11)29-21)18-26(34-16)23-20(28(18)4)25-15(31-23)6-10(2)33-25/h5-8H,1-4H3. The third kappa shape index (κ3) is 1.88. The zero-order valence-corrected chi connectivity index (χ0v) is 21.1. The first kappa shape index (κ1) is 18.2. The SMILES string of the molecule is Cc1cc2oc3c4oc5cc6c(cc5c4n(C)c3c2s1)sc1c2oc3cc(C)sc3c2n(C)c61. The van der Waals surface area contributed by atoms with E-state index in [4.69, 9.17) is 13.3 Å². The maximum atomic E-state index is 6.48. The summed E-state index contributed by atoms with van der Waals surface area (Å²) in [5.41, 5.74) is 10.1. The summed E-state index contributed by atoms with van der Waals surface area (Å²) < 4.78 is 28.5. The lowest BCUT2D eigenvalue weighted by Gasteiger charge is -1.99. The molecule has 1 aromatic carbocycles. The molecule has 0 amide bonds. The van der Waals surface area contributed by atoms with Crippen molar-refractivity contribution in [1.82, 2.24) is 9.13 Å². The molecule has 0 saturated heterocycles. The zero-order chi connectivity index (χ0) is 22.6. The molecule has 0 aliphatic carbocycles. The van der Waals surface area contributed by atoms with Crippen molar-refractivity contribution in [2.24, 2.45) is 14.1 Å². The Morgan fingerprint density at radius 1 is 0.559 bits per heavy atom. The van der Waals surface area contributed by atoms with Gasteiger partial charge in [0.15, 0.2) is 16.7 Å². The van der Waals surface area contributed by atoms with Crippen LogP contribution in [0.25, 0.3) is 85.1 Å². The minimum absolute atomic E-state index is 0.832. The Balaban J connectivity index is 1.42. The second kappa shape index (κ2) is 5.54. The molecule has 0 bridgehead atoms. The smallest absolute Gasteiger partial charge is 0.197 e. The van der Waals surface area contributed by atoms with E-state index in [0.717, 1.165) is 49.9 Å². The van der Waals surface area contributed by atoms with Crippen molar-refractivity contribution in [3.63, 3.8) is 0 Å². The summed E-state index contributed by atoms with van der Waals surface area (Å²) in [6.07, 6.45) is 0. The topological polar surface area (TPSA) is 49.3 Å². The normalized spacial score (nSPS) is 13.3. The molecule has 8 aromatic heterocycles. The number of furan rings is 3. The van der Waals surface area contributed by atoms with Crippen LogP contribution < -0.4 is 0 Å². The number of benzene rings is 1. The van der Waals surface area contributed by atoms with Gasteiger partial charge in [0, 0.05) is 39.3 Å². The fourth-order valence-electron chi connectivity index (χ4n) is 5.76. The van der Waals surface area contributed by atoms with E-state index in [0.29, 0.717) is 0 Å². The Morgan fingerprint density at radius 2 is 1.15 bits per heavy atom. The molecule has 0 fully saturated rings. The van der Waals surface area contributed by atoms with E-state index >= 15 is 0 Å². The Morgan fingerprint density at radius 3 is 1.88 bits per heavy atom. The highest BCUT2D eigenvalue weighted by Gasteiger charge is 2.26. The number of rotatable bonds is 0. The lowest BCUT2D eigenvalue weighted by Crippen LogP contribution is -1.86. The van der Waals surface area contributed by atoms with Gasteiger partial charge in [0.05, 0.1) is 25.1 Å². The van der Waals surface area contributed by atoms with Gasteiger partial charge in [0.2, 0.25) is 0 Å². The number of aryl methyl sites for hydroxylation is 4. The summed E-state index contributed by atoms with van der Waals surface area (Å²) >= 11 is 5.37. The minimum Gasteiger partial charge on any atom is -0.452 e. The fraction of sp³-hybridized carbons (Fsp3) is 0.154. The van der Waals surface area contributed by atoms with Crippen molar-refractivity contribution >= 4 is 119 Å². The molecule has 8 heterocycles. The van der Waals surface area contributed by atoms with Gasteiger partial charge in [-0.25, -0.2) is 0 Å². The van der Waals surface area contributed by atoms with Crippen LogP contribution in [0, 0.1) is 13.8 Å². The van der Waals surface area contributed by atoms with Gasteiger partial charge in [-0.15, -0.1) is 34.0 Å². The zero-order valence-electron chi connectivity index (χ0n) is 18.7. The summed E-state index contributed by atoms with van der Waals surface area (Å²) in [6.45, 7) is 4.25. The summed E-state index contributed by atoms with van der Waals surface area (Å²) in [7, 11) is 4.25. The molecular formula is C26H16N2O3S3. The molecule has 0 radical (unpaired) electrons. The molecule has 0 aliphatic heterocycles. The Kier molecular flexibility index (Phi) is 2.96. The average molecular weight is 501 g/mol. The first-order valence-corrected chi connectivity index (χ1v) is 13.5. The largest absolute Gasteiger partial charge is 0.452 e. The Hall–Kier alpha value is -3.20. The van der Waals surface area contributed by atoms with Crippen LogP contribution in [0.5, 0.6) is 0 Å². The van der Waals surface area contributed by atoms with Gasteiger partial charge in [0.25, 0.3) is 0 Å². The molecule has 34 heavy (non-hydrogen) atoms. The number of hydrogen-bond donors (Lipinski definition) is 0. The maximum absolute atomic E-state index is 6.48. The van der Waals surface area contributed by atoms with E-state index < -0.39 is 0 Å². The molecular weight excluding hydrogens is 484 g/mol. The Labute approximate surface area is 202 Å². The molecule has 0 unspecified atom stereocenters. The van der Waals surface area contributed by atoms with Crippen molar-refractivity contribution in [3.05, 3.63) is 34.0 Å². The van der Waals surface area contributed by atoms with Crippen LogP contribution in [0.15, 0.2) is 37.5 Å². The van der Waals surface area contributed by atoms with E-state index in [2.05, 4.69) is 61.3 Å². The predicted molar refractivity (Wildman–Crippen MR) is 144 cm³/mol. The average Bonchev–Trinajstić information content (AvgIpc) is 3.59. The van der Waals surface area contributed by atoms with Crippen molar-refractivity contribution < 1.29 is 13.3 Å². The van der Waals surface area contributed by atoms with Gasteiger partial charge in [0.1, 0.15) is 27.8 Å². The molecule has 5 nitrogen and oxygen atoms in total. The predicted octanol–water partition coefficient (Wildman–Crippen LogP) is 9.17. The molecule has 166 valence electrons. The van der Waals surface area contributed by atoms with Gasteiger partial charge in [-0.3, -0.25) is 0 Å². The number of nitrogens with zero attached hydrogens (tertiary/aromatic N) is 2. The van der Waals surface area contributed by atoms with Crippen molar-refractivity contribution in [1.29, 1.82) is 0 Å². The molecule has 0 aliphatic rings. The summed E-state index contributed by atoms with van der Waals surface area (Å²) in [4.78, 5) is 2.53. The van der Waals surface area contributed by atoms with Gasteiger partial charge in [-0.2, -0.15) is 0 Å². The van der Waals surface area contributed by atoms with Crippen molar-refractivity contribution in [2.45, 2.75) is 13.8 Å². The number of aromatic nitrogens is 2. The van der Waals surface area contributed by atoms with Crippen LogP contribution in [0.1, 0.15) is 9.75 Å². The van der Waals surface area contributed by atoms with Crippen LogP contribution in [0.4, 0.5) is 0 Å². The molecule has 9 aromatic rings. The molecule has 0 spiro atoms. The van der Waals surface area contributed by atoms with E-state index in [1.165, 1.54) is 45.0 Å². The lowest BCUT2D eigenvalue weighted by atomic mass is 10.2. The van der Waals surface area contributed by atoms with Gasteiger partial charge in [-0.1, -0.05) is 0 Å². The summed E-state index contributed by atoms with van der Waals surface area (Å²) in [5, 5.41) is 2.32. The van der Waals surface area contributed by atoms with Crippen LogP contribution in [-0.4, -0.2) is 9.13 Å². The van der Waals surface area contributed by atoms with E-state index in [1.807, 2.05) is 0 Å². The second-order valence-electron chi connectivity index (χ2n) is 9.18. The van der Waals surface area contributed by atoms with Crippen molar-refractivity contribution in [3.8, 4) is 0 Å². The highest BCUT2D eigenvalue weighted by molar-refractivity contribution is 7.27. The quantitative estimate of drug-likeness (QED) is 0.208. The monoisotopic (exact) mass is 500 g/mol. The van der Waals surface area contributed by atoms with E-state index in [-0.39, 0.29) is 0 Å². The molecule has 8 heteroatoms. The van der Waals surface area contributed by atoms with Crippen molar-refractivity contribution in [2.75, 3.05) is 0 Å². The highest BCUT2D eigenvalue weighted by atomic mass is 32.1. The third-order valence-corrected chi connectivity index (χ3v) is 10.3. The Bertz CT molecular complexity index is 2170. The van der Waals surface area contributed by atoms with Gasteiger partial charge >= 0.3 is 0 Å². The second-order valence-corrected chi connectivity index (χ2v) is 12.7. The first-order chi connectivity index (χ1) is 16.5. The first-order valence-electron chi connectivity index (χ1n) is 11.0. The molecule has 0 atom stereocenters. The number of thiophene rings is 3. The minimum atomic E-state index is 0.832. The van der Waals surface area contributed by atoms with E-state index in [1.54, 1.807) is 34.0 Å².